The summed E-state index contributed by atoms with van der Waals surface area (Å²) in [6, 6.07) is 44.8. The van der Waals surface area contributed by atoms with Gasteiger partial charge >= 0.3 is 0 Å². The van der Waals surface area contributed by atoms with Gasteiger partial charge in [0.1, 0.15) is 0 Å². The topological polar surface area (TPSA) is 12.0 Å². The molecule has 0 fully saturated rings. The summed E-state index contributed by atoms with van der Waals surface area (Å²) in [5, 5.41) is 6.87. The van der Waals surface area contributed by atoms with E-state index in [2.05, 4.69) is 176 Å². The molecule has 0 aromatic heterocycles. The first-order valence-electron chi connectivity index (χ1n) is 21.3. The van der Waals surface area contributed by atoms with Gasteiger partial charge < -0.3 is 5.32 Å². The van der Waals surface area contributed by atoms with E-state index in [4.69, 9.17) is 0 Å². The van der Waals surface area contributed by atoms with Crippen LogP contribution >= 0.6 is 0 Å². The van der Waals surface area contributed by atoms with Crippen molar-refractivity contribution in [2.24, 2.45) is 0 Å². The van der Waals surface area contributed by atoms with E-state index in [1.807, 2.05) is 0 Å². The molecule has 0 spiro atoms. The van der Waals surface area contributed by atoms with Crippen molar-refractivity contribution >= 4 is 40.4 Å². The first-order valence-corrected chi connectivity index (χ1v) is 21.3. The fourth-order valence-electron chi connectivity index (χ4n) is 11.8. The molecule has 1 atom stereocenters. The Labute approximate surface area is 339 Å². The molecule has 11 rings (SSSR count). The van der Waals surface area contributed by atoms with Crippen molar-refractivity contribution in [3.63, 3.8) is 0 Å². The zero-order valence-corrected chi connectivity index (χ0v) is 34.9. The van der Waals surface area contributed by atoms with Crippen molar-refractivity contribution in [3.8, 4) is 33.4 Å². The highest BCUT2D eigenvalue weighted by Crippen LogP contribution is 2.56. The average Bonchev–Trinajstić information content (AvgIpc) is 3.43. The lowest BCUT2D eigenvalue weighted by atomic mass is 9.50. The summed E-state index contributed by atoms with van der Waals surface area (Å²) in [6.45, 7) is 19.3. The standard InChI is InChI=1S/C55H52BN/c1-31-26-40-39-29-34-21-20-33-14-9-10-15-35(33)48(34)38-17-13-19-45(49(38)39)56-52(40)41(27-31)50-46(23-22-37-36-16-11-12-18-42(36)55(7,8)51(37)50)57-47-30-44-43(28-32(47)2)53(3,4)24-25-54(44,5)6/h9-23,26-28,30,39,56-57H,24-25,29H2,1-8H3. The second-order valence-electron chi connectivity index (χ2n) is 19.7. The minimum atomic E-state index is -0.170. The molecule has 1 N–H and O–H groups in total. The number of hydrogen-bond acceptors (Lipinski definition) is 1. The fourth-order valence-corrected chi connectivity index (χ4v) is 11.8. The zero-order chi connectivity index (χ0) is 39.2. The van der Waals surface area contributed by atoms with Gasteiger partial charge in [-0.25, -0.2) is 0 Å². The molecule has 280 valence electrons. The van der Waals surface area contributed by atoms with Gasteiger partial charge in [0.05, 0.1) is 0 Å². The lowest BCUT2D eigenvalue weighted by Crippen LogP contribution is -2.42. The highest BCUT2D eigenvalue weighted by Gasteiger charge is 2.42. The summed E-state index contributed by atoms with van der Waals surface area (Å²) < 4.78 is 0. The van der Waals surface area contributed by atoms with Gasteiger partial charge in [-0.1, -0.05) is 161 Å². The van der Waals surface area contributed by atoms with Crippen molar-refractivity contribution in [2.45, 2.75) is 96.8 Å². The quantitative estimate of drug-likeness (QED) is 0.178. The molecule has 7 aromatic carbocycles. The monoisotopic (exact) mass is 737 g/mol. The Hall–Kier alpha value is -5.34. The van der Waals surface area contributed by atoms with Crippen LogP contribution in [0, 0.1) is 13.8 Å². The molecule has 2 heteroatoms. The van der Waals surface area contributed by atoms with Crippen molar-refractivity contribution in [3.05, 3.63) is 165 Å². The molecule has 0 saturated heterocycles. The van der Waals surface area contributed by atoms with E-state index in [1.54, 1.807) is 5.56 Å². The summed E-state index contributed by atoms with van der Waals surface area (Å²) in [5.41, 5.74) is 26.9. The van der Waals surface area contributed by atoms with Crippen LogP contribution in [-0.4, -0.2) is 7.28 Å². The molecular formula is C55H52BN. The van der Waals surface area contributed by atoms with Crippen molar-refractivity contribution in [1.29, 1.82) is 0 Å². The minimum Gasteiger partial charge on any atom is -0.355 e. The van der Waals surface area contributed by atoms with Gasteiger partial charge in [0.15, 0.2) is 7.28 Å². The van der Waals surface area contributed by atoms with Crippen molar-refractivity contribution in [1.82, 2.24) is 0 Å². The van der Waals surface area contributed by atoms with E-state index in [0.29, 0.717) is 5.92 Å². The zero-order valence-electron chi connectivity index (χ0n) is 34.9. The van der Waals surface area contributed by atoms with Crippen LogP contribution in [0.15, 0.2) is 115 Å². The maximum Gasteiger partial charge on any atom is 0.193 e. The molecule has 1 heterocycles. The van der Waals surface area contributed by atoms with Crippen LogP contribution in [0.1, 0.15) is 110 Å². The molecule has 1 unspecified atom stereocenters. The second kappa shape index (κ2) is 11.9. The predicted molar refractivity (Wildman–Crippen MR) is 245 cm³/mol. The number of rotatable bonds is 3. The largest absolute Gasteiger partial charge is 0.355 e. The molecule has 1 nitrogen and oxygen atoms in total. The second-order valence-corrected chi connectivity index (χ2v) is 19.7. The van der Waals surface area contributed by atoms with Gasteiger partial charge in [-0.2, -0.15) is 0 Å². The van der Waals surface area contributed by atoms with E-state index in [1.165, 1.54) is 124 Å². The minimum absolute atomic E-state index is 0.131. The Morgan fingerprint density at radius 1 is 0.596 bits per heavy atom. The third-order valence-electron chi connectivity index (χ3n) is 14.9. The van der Waals surface area contributed by atoms with Gasteiger partial charge in [0.2, 0.25) is 0 Å². The normalized spacial score (nSPS) is 18.4. The molecule has 7 aromatic rings. The highest BCUT2D eigenvalue weighted by molar-refractivity contribution is 6.70. The van der Waals surface area contributed by atoms with E-state index in [0.717, 1.165) is 13.7 Å². The number of anilines is 2. The number of aryl methyl sites for hydroxylation is 2. The van der Waals surface area contributed by atoms with Crippen LogP contribution in [0.25, 0.3) is 44.2 Å². The SMILES string of the molecule is Cc1cc(-c2c(Nc3cc4c(cc3C)C(C)(C)CCC4(C)C)ccc3c2C(C)(C)c2ccccc2-3)c2c(c1)C1Cc3ccc4ccccc4c3-c3cccc(c31)B2. The third-order valence-corrected chi connectivity index (χ3v) is 14.9. The van der Waals surface area contributed by atoms with Crippen LogP contribution in [0.5, 0.6) is 0 Å². The smallest absolute Gasteiger partial charge is 0.193 e. The van der Waals surface area contributed by atoms with E-state index in [9.17, 15) is 0 Å². The summed E-state index contributed by atoms with van der Waals surface area (Å²) >= 11 is 0. The van der Waals surface area contributed by atoms with Crippen LogP contribution in [0.4, 0.5) is 11.4 Å². The number of hydrogen-bond donors (Lipinski definition) is 1. The molecule has 0 saturated carbocycles. The third kappa shape index (κ3) is 4.95. The highest BCUT2D eigenvalue weighted by atomic mass is 14.9. The molecule has 0 amide bonds. The molecular weight excluding hydrogens is 685 g/mol. The predicted octanol–water partition coefficient (Wildman–Crippen LogP) is 12.6. The van der Waals surface area contributed by atoms with Crippen molar-refractivity contribution in [2.75, 3.05) is 5.32 Å². The molecule has 0 radical (unpaired) electrons. The number of benzene rings is 7. The van der Waals surface area contributed by atoms with Crippen LogP contribution in [0.3, 0.4) is 0 Å². The van der Waals surface area contributed by atoms with Gasteiger partial charge in [-0.05, 0) is 139 Å². The van der Waals surface area contributed by atoms with E-state index < -0.39 is 0 Å². The van der Waals surface area contributed by atoms with Gasteiger partial charge in [-0.15, -0.1) is 0 Å². The first-order chi connectivity index (χ1) is 27.3. The lowest BCUT2D eigenvalue weighted by molar-refractivity contribution is 0.332. The maximum atomic E-state index is 4.17. The van der Waals surface area contributed by atoms with Crippen molar-refractivity contribution < 1.29 is 0 Å². The molecule has 0 bridgehead atoms. The molecule has 57 heavy (non-hydrogen) atoms. The summed E-state index contributed by atoms with van der Waals surface area (Å²) in [6.07, 6.45) is 3.44. The Morgan fingerprint density at radius 2 is 1.33 bits per heavy atom. The van der Waals surface area contributed by atoms with Gasteiger partial charge in [-0.3, -0.25) is 0 Å². The molecule has 1 aliphatic heterocycles. The Kier molecular flexibility index (Phi) is 7.25. The Balaban J connectivity index is 1.14. The summed E-state index contributed by atoms with van der Waals surface area (Å²) in [7, 11) is 0.933. The lowest BCUT2D eigenvalue weighted by Gasteiger charge is -2.42. The molecule has 4 aliphatic rings. The summed E-state index contributed by atoms with van der Waals surface area (Å²) in [4.78, 5) is 0. The summed E-state index contributed by atoms with van der Waals surface area (Å²) in [5.74, 6) is 0.319. The van der Waals surface area contributed by atoms with Crippen LogP contribution in [0.2, 0.25) is 0 Å². The van der Waals surface area contributed by atoms with E-state index >= 15 is 0 Å². The maximum absolute atomic E-state index is 4.17. The number of nitrogens with one attached hydrogen (secondary N) is 1. The van der Waals surface area contributed by atoms with Crippen LogP contribution in [-0.2, 0) is 22.7 Å². The number of fused-ring (bicyclic) bond motifs is 10. The van der Waals surface area contributed by atoms with Gasteiger partial charge in [0.25, 0.3) is 0 Å². The first kappa shape index (κ1) is 34.9. The van der Waals surface area contributed by atoms with Crippen LogP contribution < -0.4 is 16.2 Å². The average molecular weight is 738 g/mol. The van der Waals surface area contributed by atoms with Gasteiger partial charge in [0, 0.05) is 28.3 Å². The fraction of sp³-hybridized carbons (Fsp3) is 0.273. The van der Waals surface area contributed by atoms with E-state index in [-0.39, 0.29) is 16.2 Å². The Bertz CT molecular complexity index is 2880. The molecule has 3 aliphatic carbocycles. The Morgan fingerprint density at radius 3 is 2.16 bits per heavy atom.